The summed E-state index contributed by atoms with van der Waals surface area (Å²) in [6.45, 7) is 26.6. The first-order valence-electron chi connectivity index (χ1n) is 11.7. The monoisotopic (exact) mass is 488 g/mol. The van der Waals surface area contributed by atoms with Crippen molar-refractivity contribution in [2.45, 2.75) is 141 Å². The molecule has 188 valence electrons. The van der Waals surface area contributed by atoms with Crippen LogP contribution in [0.15, 0.2) is 0 Å². The third-order valence-electron chi connectivity index (χ3n) is 7.16. The van der Waals surface area contributed by atoms with Gasteiger partial charge in [-0.2, -0.15) is 0 Å². The van der Waals surface area contributed by atoms with Crippen molar-refractivity contribution < 1.29 is 28.3 Å². The maximum absolute atomic E-state index is 13.5. The van der Waals surface area contributed by atoms with E-state index in [2.05, 4.69) is 67.7 Å². The second-order valence-corrected chi connectivity index (χ2v) is 23.0. The highest BCUT2D eigenvalue weighted by Gasteiger charge is 2.53. The van der Waals surface area contributed by atoms with Crippen LogP contribution in [0.5, 0.6) is 0 Å². The van der Waals surface area contributed by atoms with Crippen molar-refractivity contribution in [2.24, 2.45) is 0 Å². The number of esters is 1. The van der Waals surface area contributed by atoms with Gasteiger partial charge in [-0.05, 0) is 57.0 Å². The number of hydrogen-bond acceptors (Lipinski definition) is 6. The third kappa shape index (κ3) is 7.48. The highest BCUT2D eigenvalue weighted by atomic mass is 28.4. The van der Waals surface area contributed by atoms with Crippen molar-refractivity contribution in [2.75, 3.05) is 0 Å². The second kappa shape index (κ2) is 9.25. The van der Waals surface area contributed by atoms with Gasteiger partial charge in [0.1, 0.15) is 17.3 Å². The summed E-state index contributed by atoms with van der Waals surface area (Å²) in [6, 6.07) is 0. The Morgan fingerprint density at radius 3 is 1.78 bits per heavy atom. The smallest absolute Gasteiger partial charge is 0.309 e. The minimum atomic E-state index is -2.29. The molecule has 0 saturated heterocycles. The van der Waals surface area contributed by atoms with E-state index in [-0.39, 0.29) is 22.6 Å². The SMILES string of the molecule is CC(C)(C)OC(=O)CC1(O)C[C@@H](O[Si](C)(C)C(C)(C)C)C[C@H](O[Si](C)(C)C(C)(C)C)C1=O. The largest absolute Gasteiger partial charge is 0.460 e. The van der Waals surface area contributed by atoms with E-state index in [0.717, 1.165) is 0 Å². The number of hydrogen-bond donors (Lipinski definition) is 1. The fourth-order valence-electron chi connectivity index (χ4n) is 3.30. The molecule has 1 saturated carbocycles. The molecule has 8 heteroatoms. The van der Waals surface area contributed by atoms with E-state index >= 15 is 0 Å². The second-order valence-electron chi connectivity index (χ2n) is 13.5. The van der Waals surface area contributed by atoms with Gasteiger partial charge in [0, 0.05) is 12.8 Å². The molecule has 1 aliphatic rings. The number of rotatable bonds is 6. The van der Waals surface area contributed by atoms with Gasteiger partial charge in [0.25, 0.3) is 0 Å². The third-order valence-corrected chi connectivity index (χ3v) is 16.2. The molecular formula is C24H48O6Si2. The molecule has 1 unspecified atom stereocenters. The zero-order valence-electron chi connectivity index (χ0n) is 22.8. The van der Waals surface area contributed by atoms with E-state index in [0.29, 0.717) is 6.42 Å². The van der Waals surface area contributed by atoms with Gasteiger partial charge in [-0.15, -0.1) is 0 Å². The summed E-state index contributed by atoms with van der Waals surface area (Å²) in [7, 11) is -4.45. The lowest BCUT2D eigenvalue weighted by molar-refractivity contribution is -0.172. The highest BCUT2D eigenvalue weighted by Crippen LogP contribution is 2.43. The summed E-state index contributed by atoms with van der Waals surface area (Å²) in [5.41, 5.74) is -2.56. The molecular weight excluding hydrogens is 440 g/mol. The first kappa shape index (κ1) is 29.5. The van der Waals surface area contributed by atoms with Crippen molar-refractivity contribution in [1.29, 1.82) is 0 Å². The van der Waals surface area contributed by atoms with E-state index in [9.17, 15) is 14.7 Å². The predicted molar refractivity (Wildman–Crippen MR) is 134 cm³/mol. The maximum Gasteiger partial charge on any atom is 0.309 e. The Hall–Kier alpha value is -0.546. The molecule has 32 heavy (non-hydrogen) atoms. The molecule has 0 aromatic carbocycles. The van der Waals surface area contributed by atoms with Crippen molar-refractivity contribution >= 4 is 28.4 Å². The molecule has 0 spiro atoms. The van der Waals surface area contributed by atoms with Gasteiger partial charge in [-0.25, -0.2) is 0 Å². The molecule has 1 aliphatic carbocycles. The Balaban J connectivity index is 3.28. The predicted octanol–water partition coefficient (Wildman–Crippen LogP) is 5.59. The van der Waals surface area contributed by atoms with Crippen LogP contribution in [0.2, 0.25) is 36.3 Å². The van der Waals surface area contributed by atoms with E-state index < -0.39 is 52.1 Å². The molecule has 1 fully saturated rings. The number of aliphatic hydroxyl groups is 1. The van der Waals surface area contributed by atoms with E-state index in [1.165, 1.54) is 0 Å². The molecule has 1 rings (SSSR count). The molecule has 0 aromatic rings. The summed E-state index contributed by atoms with van der Waals surface area (Å²) in [5.74, 6) is -1.02. The van der Waals surface area contributed by atoms with Crippen LogP contribution in [-0.4, -0.2) is 56.9 Å². The van der Waals surface area contributed by atoms with Gasteiger partial charge < -0.3 is 18.7 Å². The summed E-state index contributed by atoms with van der Waals surface area (Å²) < 4.78 is 18.5. The van der Waals surface area contributed by atoms with E-state index in [4.69, 9.17) is 13.6 Å². The summed E-state index contributed by atoms with van der Waals surface area (Å²) in [5, 5.41) is 11.4. The fourth-order valence-corrected chi connectivity index (χ4v) is 5.93. The molecule has 6 nitrogen and oxygen atoms in total. The first-order chi connectivity index (χ1) is 13.9. The van der Waals surface area contributed by atoms with Crippen LogP contribution in [0, 0.1) is 0 Å². The molecule has 0 bridgehead atoms. The topological polar surface area (TPSA) is 82.1 Å². The van der Waals surface area contributed by atoms with Gasteiger partial charge in [0.15, 0.2) is 22.4 Å². The summed E-state index contributed by atoms with van der Waals surface area (Å²) in [4.78, 5) is 26.0. The number of carbonyl (C=O) groups is 2. The van der Waals surface area contributed by atoms with Gasteiger partial charge in [-0.3, -0.25) is 9.59 Å². The number of carbonyl (C=O) groups excluding carboxylic acids is 2. The summed E-state index contributed by atoms with van der Waals surface area (Å²) >= 11 is 0. The van der Waals surface area contributed by atoms with Gasteiger partial charge in [-0.1, -0.05) is 41.5 Å². The van der Waals surface area contributed by atoms with Crippen LogP contribution in [0.25, 0.3) is 0 Å². The zero-order valence-corrected chi connectivity index (χ0v) is 24.8. The van der Waals surface area contributed by atoms with Gasteiger partial charge in [0.05, 0.1) is 12.5 Å². The lowest BCUT2D eigenvalue weighted by Crippen LogP contribution is -2.60. The lowest BCUT2D eigenvalue weighted by Gasteiger charge is -2.47. The minimum absolute atomic E-state index is 0.0203. The normalized spacial score (nSPS) is 26.2. The highest BCUT2D eigenvalue weighted by molar-refractivity contribution is 6.74. The Morgan fingerprint density at radius 1 is 0.938 bits per heavy atom. The zero-order chi connectivity index (χ0) is 25.6. The average molecular weight is 489 g/mol. The Morgan fingerprint density at radius 2 is 1.38 bits per heavy atom. The van der Waals surface area contributed by atoms with Crippen LogP contribution in [0.1, 0.15) is 81.6 Å². The van der Waals surface area contributed by atoms with E-state index in [1.54, 1.807) is 20.8 Å². The van der Waals surface area contributed by atoms with Gasteiger partial charge >= 0.3 is 5.97 Å². The quantitative estimate of drug-likeness (QED) is 0.387. The number of Topliss-reactive ketones (excluding diaryl/α,β-unsaturated/α-hetero) is 1. The molecule has 3 atom stereocenters. The molecule has 0 amide bonds. The van der Waals surface area contributed by atoms with Crippen LogP contribution in [0.3, 0.4) is 0 Å². The van der Waals surface area contributed by atoms with Crippen molar-refractivity contribution in [1.82, 2.24) is 0 Å². The van der Waals surface area contributed by atoms with Crippen LogP contribution < -0.4 is 0 Å². The van der Waals surface area contributed by atoms with Crippen molar-refractivity contribution in [3.8, 4) is 0 Å². The van der Waals surface area contributed by atoms with Crippen LogP contribution in [0.4, 0.5) is 0 Å². The average Bonchev–Trinajstić information content (AvgIpc) is 2.46. The number of ketones is 1. The molecule has 0 aliphatic heterocycles. The Kier molecular flexibility index (Phi) is 8.52. The van der Waals surface area contributed by atoms with Crippen molar-refractivity contribution in [3.05, 3.63) is 0 Å². The first-order valence-corrected chi connectivity index (χ1v) is 17.6. The van der Waals surface area contributed by atoms with Crippen molar-refractivity contribution in [3.63, 3.8) is 0 Å². The molecule has 0 radical (unpaired) electrons. The lowest BCUT2D eigenvalue weighted by atomic mass is 9.78. The minimum Gasteiger partial charge on any atom is -0.460 e. The molecule has 0 heterocycles. The summed E-state index contributed by atoms with van der Waals surface area (Å²) in [6.07, 6.45) is -1.08. The van der Waals surface area contributed by atoms with E-state index in [1.807, 2.05) is 0 Å². The Bertz CT molecular complexity index is 697. The maximum atomic E-state index is 13.5. The standard InChI is InChI=1S/C24H48O6Si2/c1-21(2,3)28-19(25)16-24(27)15-17(29-31(10,11)22(4,5)6)14-18(20(24)26)30-32(12,13)23(7,8)9/h17-18,27H,14-16H2,1-13H3/t17-,18-,24?/m0/s1. The molecule has 0 aromatic heterocycles. The molecule has 1 N–H and O–H groups in total. The van der Waals surface area contributed by atoms with Crippen LogP contribution >= 0.6 is 0 Å². The fraction of sp³-hybridized carbons (Fsp3) is 0.917. The Labute approximate surface area is 198 Å². The van der Waals surface area contributed by atoms with Crippen LogP contribution in [-0.2, 0) is 23.2 Å². The van der Waals surface area contributed by atoms with Gasteiger partial charge in [0.2, 0.25) is 0 Å². The number of ether oxygens (including phenoxy) is 1.